The first-order valence-electron chi connectivity index (χ1n) is 9.43. The monoisotopic (exact) mass is 358 g/mol. The summed E-state index contributed by atoms with van der Waals surface area (Å²) in [6, 6.07) is 14.6. The first-order chi connectivity index (χ1) is 13.3. The molecule has 4 heterocycles. The van der Waals surface area contributed by atoms with Gasteiger partial charge in [0, 0.05) is 42.8 Å². The van der Waals surface area contributed by atoms with Crippen molar-refractivity contribution in [1.82, 2.24) is 19.9 Å². The molecule has 1 saturated heterocycles. The van der Waals surface area contributed by atoms with Crippen LogP contribution in [-0.4, -0.2) is 39.5 Å². The molecule has 0 radical (unpaired) electrons. The van der Waals surface area contributed by atoms with Crippen molar-refractivity contribution >= 4 is 0 Å². The molecule has 0 bridgehead atoms. The highest BCUT2D eigenvalue weighted by Gasteiger charge is 2.44. The normalized spacial score (nSPS) is 22.1. The van der Waals surface area contributed by atoms with E-state index in [4.69, 9.17) is 9.72 Å². The van der Waals surface area contributed by atoms with Gasteiger partial charge in [0.05, 0.1) is 24.3 Å². The summed E-state index contributed by atoms with van der Waals surface area (Å²) in [5.74, 6) is 0.754. The Morgan fingerprint density at radius 1 is 1.07 bits per heavy atom. The molecule has 5 heteroatoms. The quantitative estimate of drug-likeness (QED) is 0.720. The number of benzene rings is 1. The molecule has 2 aromatic heterocycles. The first kappa shape index (κ1) is 16.5. The van der Waals surface area contributed by atoms with Gasteiger partial charge in [0.15, 0.2) is 5.82 Å². The van der Waals surface area contributed by atoms with Crippen molar-refractivity contribution in [3.63, 3.8) is 0 Å². The summed E-state index contributed by atoms with van der Waals surface area (Å²) in [4.78, 5) is 16.3. The van der Waals surface area contributed by atoms with Gasteiger partial charge in [-0.1, -0.05) is 30.3 Å². The molecule has 27 heavy (non-hydrogen) atoms. The Labute approximate surface area is 159 Å². The molecule has 0 N–H and O–H groups in total. The fourth-order valence-corrected chi connectivity index (χ4v) is 4.28. The number of aromatic nitrogens is 3. The van der Waals surface area contributed by atoms with E-state index in [2.05, 4.69) is 45.2 Å². The molecule has 5 rings (SSSR count). The summed E-state index contributed by atoms with van der Waals surface area (Å²) in [7, 11) is 0. The maximum Gasteiger partial charge on any atom is 0.160 e. The van der Waals surface area contributed by atoms with Gasteiger partial charge in [-0.15, -0.1) is 0 Å². The standard InChI is InChI=1S/C22H22N4O/c1-2-5-17(6-3-1)13-26-10-8-22(15-26)16-27-14-19-12-24-21(25-20(19)22)18-7-4-9-23-11-18/h1-7,9,11-12H,8,10,13-16H2. The minimum atomic E-state index is -0.0394. The van der Waals surface area contributed by atoms with Gasteiger partial charge in [0.25, 0.3) is 0 Å². The highest BCUT2D eigenvalue weighted by molar-refractivity contribution is 5.54. The van der Waals surface area contributed by atoms with Gasteiger partial charge >= 0.3 is 0 Å². The molecular weight excluding hydrogens is 336 g/mol. The zero-order chi connectivity index (χ0) is 18.1. The van der Waals surface area contributed by atoms with Crippen molar-refractivity contribution in [3.8, 4) is 11.4 Å². The van der Waals surface area contributed by atoms with Crippen LogP contribution in [0.15, 0.2) is 61.1 Å². The second-order valence-electron chi connectivity index (χ2n) is 7.53. The molecule has 2 aliphatic heterocycles. The summed E-state index contributed by atoms with van der Waals surface area (Å²) >= 11 is 0. The summed E-state index contributed by atoms with van der Waals surface area (Å²) in [5.41, 5.74) is 4.56. The molecule has 5 nitrogen and oxygen atoms in total. The molecule has 1 unspecified atom stereocenters. The van der Waals surface area contributed by atoms with E-state index >= 15 is 0 Å². The van der Waals surface area contributed by atoms with Gasteiger partial charge in [-0.25, -0.2) is 9.97 Å². The molecule has 0 aliphatic carbocycles. The minimum Gasteiger partial charge on any atom is -0.376 e. The lowest BCUT2D eigenvalue weighted by molar-refractivity contribution is 0.0503. The molecule has 0 saturated carbocycles. The Morgan fingerprint density at radius 2 is 2.00 bits per heavy atom. The molecule has 1 aromatic carbocycles. The van der Waals surface area contributed by atoms with Gasteiger partial charge in [-0.05, 0) is 30.7 Å². The predicted octanol–water partition coefficient (Wildman–Crippen LogP) is 3.21. The number of pyridine rings is 1. The van der Waals surface area contributed by atoms with Crippen molar-refractivity contribution in [1.29, 1.82) is 0 Å². The maximum absolute atomic E-state index is 5.96. The molecule has 3 aromatic rings. The lowest BCUT2D eigenvalue weighted by Gasteiger charge is -2.34. The van der Waals surface area contributed by atoms with Crippen LogP contribution in [0, 0.1) is 0 Å². The van der Waals surface area contributed by atoms with E-state index in [1.54, 1.807) is 6.20 Å². The van der Waals surface area contributed by atoms with Crippen molar-refractivity contribution in [2.45, 2.75) is 25.0 Å². The number of hydrogen-bond acceptors (Lipinski definition) is 5. The maximum atomic E-state index is 5.96. The van der Waals surface area contributed by atoms with E-state index in [1.165, 1.54) is 5.56 Å². The van der Waals surface area contributed by atoms with Gasteiger partial charge in [-0.3, -0.25) is 9.88 Å². The van der Waals surface area contributed by atoms with Crippen LogP contribution < -0.4 is 0 Å². The Balaban J connectivity index is 1.45. The number of nitrogens with zero attached hydrogens (tertiary/aromatic N) is 4. The van der Waals surface area contributed by atoms with E-state index < -0.39 is 0 Å². The number of rotatable bonds is 3. The average Bonchev–Trinajstić information content (AvgIpc) is 3.12. The highest BCUT2D eigenvalue weighted by atomic mass is 16.5. The first-order valence-corrected chi connectivity index (χ1v) is 9.43. The summed E-state index contributed by atoms with van der Waals surface area (Å²) in [6.45, 7) is 4.33. The summed E-state index contributed by atoms with van der Waals surface area (Å²) in [6.07, 6.45) is 6.60. The largest absolute Gasteiger partial charge is 0.376 e. The number of likely N-dealkylation sites (tertiary alicyclic amines) is 1. The molecular formula is C22H22N4O. The second kappa shape index (κ2) is 6.83. The van der Waals surface area contributed by atoms with E-state index in [1.807, 2.05) is 24.5 Å². The smallest absolute Gasteiger partial charge is 0.160 e. The van der Waals surface area contributed by atoms with Crippen LogP contribution in [0.1, 0.15) is 23.2 Å². The van der Waals surface area contributed by atoms with Crippen LogP contribution in [0.5, 0.6) is 0 Å². The third-order valence-electron chi connectivity index (χ3n) is 5.60. The van der Waals surface area contributed by atoms with Gasteiger partial charge in [-0.2, -0.15) is 0 Å². The summed E-state index contributed by atoms with van der Waals surface area (Å²) < 4.78 is 5.96. The molecule has 1 fully saturated rings. The van der Waals surface area contributed by atoms with Crippen molar-refractivity contribution in [3.05, 3.63) is 77.9 Å². The lowest BCUT2D eigenvalue weighted by Crippen LogP contribution is -2.40. The van der Waals surface area contributed by atoms with E-state index in [-0.39, 0.29) is 5.41 Å². The third kappa shape index (κ3) is 3.13. The topological polar surface area (TPSA) is 51.1 Å². The van der Waals surface area contributed by atoms with Crippen LogP contribution >= 0.6 is 0 Å². The zero-order valence-corrected chi connectivity index (χ0v) is 15.2. The predicted molar refractivity (Wildman–Crippen MR) is 103 cm³/mol. The fraction of sp³-hybridized carbons (Fsp3) is 0.318. The van der Waals surface area contributed by atoms with E-state index in [0.717, 1.165) is 55.3 Å². The SMILES string of the molecule is c1ccc(CN2CCC3(COCc4cnc(-c5cccnc5)nc43)C2)cc1. The fourth-order valence-electron chi connectivity index (χ4n) is 4.28. The molecule has 1 spiro atoms. The molecule has 2 aliphatic rings. The van der Waals surface area contributed by atoms with Gasteiger partial charge < -0.3 is 4.74 Å². The highest BCUT2D eigenvalue weighted by Crippen LogP contribution is 2.39. The van der Waals surface area contributed by atoms with Crippen LogP contribution in [0.25, 0.3) is 11.4 Å². The van der Waals surface area contributed by atoms with Crippen LogP contribution in [0.2, 0.25) is 0 Å². The molecule has 136 valence electrons. The second-order valence-corrected chi connectivity index (χ2v) is 7.53. The van der Waals surface area contributed by atoms with Crippen LogP contribution in [-0.2, 0) is 23.3 Å². The van der Waals surface area contributed by atoms with Crippen LogP contribution in [0.3, 0.4) is 0 Å². The Hall–Kier alpha value is -2.63. The minimum absolute atomic E-state index is 0.0394. The Bertz CT molecular complexity index is 932. The Morgan fingerprint density at radius 3 is 2.85 bits per heavy atom. The number of fused-ring (bicyclic) bond motifs is 2. The van der Waals surface area contributed by atoms with E-state index in [0.29, 0.717) is 6.61 Å². The van der Waals surface area contributed by atoms with Crippen molar-refractivity contribution < 1.29 is 4.74 Å². The van der Waals surface area contributed by atoms with Crippen LogP contribution in [0.4, 0.5) is 0 Å². The lowest BCUT2D eigenvalue weighted by atomic mass is 9.80. The third-order valence-corrected chi connectivity index (χ3v) is 5.60. The summed E-state index contributed by atoms with van der Waals surface area (Å²) in [5, 5.41) is 0. The zero-order valence-electron chi connectivity index (χ0n) is 15.2. The number of hydrogen-bond donors (Lipinski definition) is 0. The molecule has 0 amide bonds. The van der Waals surface area contributed by atoms with Gasteiger partial charge in [0.2, 0.25) is 0 Å². The average molecular weight is 358 g/mol. The van der Waals surface area contributed by atoms with Crippen molar-refractivity contribution in [2.24, 2.45) is 0 Å². The van der Waals surface area contributed by atoms with E-state index in [9.17, 15) is 0 Å². The van der Waals surface area contributed by atoms with Gasteiger partial charge in [0.1, 0.15) is 0 Å². The molecule has 1 atom stereocenters. The Kier molecular flexibility index (Phi) is 4.19. The van der Waals surface area contributed by atoms with Crippen molar-refractivity contribution in [2.75, 3.05) is 19.7 Å². The number of ether oxygens (including phenoxy) is 1.